The predicted molar refractivity (Wildman–Crippen MR) is 108 cm³/mol. The Balaban J connectivity index is 1.56. The van der Waals surface area contributed by atoms with Gasteiger partial charge in [-0.3, -0.25) is 5.43 Å². The van der Waals surface area contributed by atoms with Crippen LogP contribution in [0, 0.1) is 0 Å². The van der Waals surface area contributed by atoms with E-state index in [1.54, 1.807) is 0 Å². The van der Waals surface area contributed by atoms with Gasteiger partial charge in [-0.25, -0.2) is 4.98 Å². The van der Waals surface area contributed by atoms with Crippen LogP contribution in [0.2, 0.25) is 0 Å². The predicted octanol–water partition coefficient (Wildman–Crippen LogP) is 5.22. The molecular weight excluding hydrogens is 336 g/mol. The fourth-order valence-electron chi connectivity index (χ4n) is 2.78. The second kappa shape index (κ2) is 8.05. The largest absolute Gasteiger partial charge is 0.303 e. The number of imidazole rings is 1. The summed E-state index contributed by atoms with van der Waals surface area (Å²) in [6, 6.07) is 27.9. The van der Waals surface area contributed by atoms with Gasteiger partial charge < -0.3 is 4.57 Å². The molecule has 27 heavy (non-hydrogen) atoms. The molecule has 0 aliphatic rings. The Labute approximate surface area is 156 Å². The summed E-state index contributed by atoms with van der Waals surface area (Å²) in [5, 5.41) is 12.4. The van der Waals surface area contributed by atoms with Crippen molar-refractivity contribution in [1.29, 1.82) is 0 Å². The highest BCUT2D eigenvalue weighted by Gasteiger charge is 2.10. The lowest BCUT2D eigenvalue weighted by atomic mass is 10.2. The molecule has 6 nitrogen and oxygen atoms in total. The van der Waals surface area contributed by atoms with Crippen molar-refractivity contribution >= 4 is 29.0 Å². The fourth-order valence-corrected chi connectivity index (χ4v) is 2.78. The van der Waals surface area contributed by atoms with E-state index in [1.807, 2.05) is 77.4 Å². The molecule has 0 bridgehead atoms. The Hall–Kier alpha value is -3.80. The molecule has 4 rings (SSSR count). The zero-order valence-corrected chi connectivity index (χ0v) is 14.6. The van der Waals surface area contributed by atoms with Crippen molar-refractivity contribution < 1.29 is 0 Å². The second-order valence-corrected chi connectivity index (χ2v) is 5.91. The van der Waals surface area contributed by atoms with Gasteiger partial charge in [0.05, 0.1) is 23.3 Å². The van der Waals surface area contributed by atoms with Crippen LogP contribution < -0.4 is 5.43 Å². The molecule has 0 fully saturated rings. The van der Waals surface area contributed by atoms with Crippen LogP contribution in [-0.2, 0) is 6.54 Å². The molecule has 1 heterocycles. The third-order valence-electron chi connectivity index (χ3n) is 4.04. The number of hydrogen-bond donors (Lipinski definition) is 1. The van der Waals surface area contributed by atoms with E-state index in [2.05, 4.69) is 37.9 Å². The van der Waals surface area contributed by atoms with Crippen molar-refractivity contribution in [3.8, 4) is 0 Å². The molecule has 0 spiro atoms. The zero-order valence-electron chi connectivity index (χ0n) is 14.6. The van der Waals surface area contributed by atoms with Crippen LogP contribution in [0.5, 0.6) is 0 Å². The lowest BCUT2D eigenvalue weighted by Gasteiger charge is -2.06. The van der Waals surface area contributed by atoms with Crippen LogP contribution in [0.3, 0.4) is 0 Å². The molecule has 4 aromatic rings. The number of anilines is 1. The molecule has 6 heteroatoms. The highest BCUT2D eigenvalue weighted by Crippen LogP contribution is 2.23. The number of hydrogen-bond acceptors (Lipinski definition) is 4. The Kier molecular flexibility index (Phi) is 4.97. The summed E-state index contributed by atoms with van der Waals surface area (Å²) in [5.74, 6) is 0.547. The van der Waals surface area contributed by atoms with Crippen LogP contribution in [0.1, 0.15) is 5.56 Å². The van der Waals surface area contributed by atoms with Crippen molar-refractivity contribution in [2.24, 2.45) is 15.3 Å². The van der Waals surface area contributed by atoms with Gasteiger partial charge in [-0.2, -0.15) is 5.10 Å². The number of azo groups is 1. The summed E-state index contributed by atoms with van der Waals surface area (Å²) >= 11 is 0. The Morgan fingerprint density at radius 3 is 2.37 bits per heavy atom. The van der Waals surface area contributed by atoms with Gasteiger partial charge >= 0.3 is 0 Å². The van der Waals surface area contributed by atoms with Gasteiger partial charge in [-0.15, -0.1) is 10.2 Å². The molecular formula is C21H18N6. The Morgan fingerprint density at radius 2 is 1.56 bits per heavy atom. The minimum atomic E-state index is 0.547. The SMILES string of the molecule is C(=NNc1ccccc1)N=Nc1nc2ccccc2n1Cc1ccccc1. The topological polar surface area (TPSA) is 66.9 Å². The van der Waals surface area contributed by atoms with E-state index >= 15 is 0 Å². The smallest absolute Gasteiger partial charge is 0.250 e. The zero-order chi connectivity index (χ0) is 18.3. The highest BCUT2D eigenvalue weighted by molar-refractivity contribution is 5.78. The van der Waals surface area contributed by atoms with Gasteiger partial charge in [-0.05, 0) is 29.8 Å². The number of aromatic nitrogens is 2. The lowest BCUT2D eigenvalue weighted by Crippen LogP contribution is -1.98. The highest BCUT2D eigenvalue weighted by atomic mass is 15.3. The maximum absolute atomic E-state index is 4.59. The average Bonchev–Trinajstić information content (AvgIpc) is 3.07. The van der Waals surface area contributed by atoms with E-state index in [0.717, 1.165) is 16.7 Å². The van der Waals surface area contributed by atoms with E-state index < -0.39 is 0 Å². The number of benzene rings is 3. The van der Waals surface area contributed by atoms with Gasteiger partial charge in [0.1, 0.15) is 0 Å². The van der Waals surface area contributed by atoms with Gasteiger partial charge in [0.25, 0.3) is 5.95 Å². The van der Waals surface area contributed by atoms with Gasteiger partial charge in [0.15, 0.2) is 6.34 Å². The van der Waals surface area contributed by atoms with E-state index in [0.29, 0.717) is 12.5 Å². The van der Waals surface area contributed by atoms with Gasteiger partial charge in [0.2, 0.25) is 0 Å². The molecule has 3 aromatic carbocycles. The normalized spacial score (nSPS) is 11.6. The third kappa shape index (κ3) is 4.07. The first-order valence-electron chi connectivity index (χ1n) is 8.63. The minimum Gasteiger partial charge on any atom is -0.303 e. The number of nitrogens with one attached hydrogen (secondary N) is 1. The summed E-state index contributed by atoms with van der Waals surface area (Å²) < 4.78 is 2.05. The number of fused-ring (bicyclic) bond motifs is 1. The minimum absolute atomic E-state index is 0.547. The molecule has 132 valence electrons. The first-order chi connectivity index (χ1) is 13.4. The van der Waals surface area contributed by atoms with E-state index in [4.69, 9.17) is 0 Å². The van der Waals surface area contributed by atoms with Crippen molar-refractivity contribution in [2.75, 3.05) is 5.43 Å². The second-order valence-electron chi connectivity index (χ2n) is 5.91. The van der Waals surface area contributed by atoms with E-state index in [9.17, 15) is 0 Å². The molecule has 0 amide bonds. The Bertz CT molecular complexity index is 1070. The summed E-state index contributed by atoms with van der Waals surface area (Å²) in [4.78, 5) is 4.59. The average molecular weight is 354 g/mol. The van der Waals surface area contributed by atoms with Crippen molar-refractivity contribution in [1.82, 2.24) is 9.55 Å². The summed E-state index contributed by atoms with van der Waals surface area (Å²) in [6.45, 7) is 0.676. The maximum atomic E-state index is 4.59. The first kappa shape index (κ1) is 16.7. The molecule has 0 aliphatic carbocycles. The molecule has 0 aliphatic heterocycles. The molecule has 0 radical (unpaired) electrons. The van der Waals surface area contributed by atoms with Crippen molar-refractivity contribution in [3.05, 3.63) is 90.5 Å². The quantitative estimate of drug-likeness (QED) is 0.223. The van der Waals surface area contributed by atoms with Gasteiger partial charge in [0, 0.05) is 0 Å². The van der Waals surface area contributed by atoms with Crippen LogP contribution in [0.4, 0.5) is 11.6 Å². The van der Waals surface area contributed by atoms with E-state index in [1.165, 1.54) is 11.9 Å². The molecule has 0 unspecified atom stereocenters. The number of para-hydroxylation sites is 3. The van der Waals surface area contributed by atoms with Crippen LogP contribution in [0.15, 0.2) is 100 Å². The molecule has 1 N–H and O–H groups in total. The molecule has 0 atom stereocenters. The number of rotatable bonds is 6. The molecule has 1 aromatic heterocycles. The van der Waals surface area contributed by atoms with E-state index in [-0.39, 0.29) is 0 Å². The Morgan fingerprint density at radius 1 is 0.852 bits per heavy atom. The standard InChI is InChI=1S/C21H18N6/c1-3-9-17(10-4-1)15-27-20-14-8-7-13-19(20)24-21(27)26-23-16-22-25-18-11-5-2-6-12-18/h1-14,16,25H,15H2. The van der Waals surface area contributed by atoms with Crippen LogP contribution in [-0.4, -0.2) is 15.9 Å². The first-order valence-corrected chi connectivity index (χ1v) is 8.63. The monoisotopic (exact) mass is 354 g/mol. The molecule has 0 saturated carbocycles. The van der Waals surface area contributed by atoms with Gasteiger partial charge in [-0.1, -0.05) is 60.7 Å². The maximum Gasteiger partial charge on any atom is 0.250 e. The molecule has 0 saturated heterocycles. The van der Waals surface area contributed by atoms with Crippen molar-refractivity contribution in [3.63, 3.8) is 0 Å². The summed E-state index contributed by atoms with van der Waals surface area (Å²) in [6.07, 6.45) is 1.37. The summed E-state index contributed by atoms with van der Waals surface area (Å²) in [7, 11) is 0. The summed E-state index contributed by atoms with van der Waals surface area (Å²) in [5.41, 5.74) is 6.88. The van der Waals surface area contributed by atoms with Crippen LogP contribution in [0.25, 0.3) is 11.0 Å². The lowest BCUT2D eigenvalue weighted by molar-refractivity contribution is 0.818. The number of hydrazone groups is 1. The van der Waals surface area contributed by atoms with Crippen LogP contribution >= 0.6 is 0 Å². The van der Waals surface area contributed by atoms with Crippen molar-refractivity contribution in [2.45, 2.75) is 6.54 Å². The number of nitrogens with zero attached hydrogens (tertiary/aromatic N) is 5. The fraction of sp³-hybridized carbons (Fsp3) is 0.0476. The third-order valence-corrected chi connectivity index (χ3v) is 4.04.